The molecule has 1 saturated carbocycles. The minimum absolute atomic E-state index is 0.0525. The van der Waals surface area contributed by atoms with Gasteiger partial charge in [-0.25, -0.2) is 0 Å². The normalized spacial score (nSPS) is 43.6. The fourth-order valence-corrected chi connectivity index (χ4v) is 2.67. The van der Waals surface area contributed by atoms with Crippen LogP contribution in [0, 0.1) is 11.8 Å². The number of aliphatic hydroxyl groups is 1. The van der Waals surface area contributed by atoms with Gasteiger partial charge in [-0.1, -0.05) is 0 Å². The molecule has 1 aliphatic heterocycles. The Labute approximate surface area is 89.1 Å². The molecule has 5 atom stereocenters. The van der Waals surface area contributed by atoms with Gasteiger partial charge in [-0.2, -0.15) is 0 Å². The van der Waals surface area contributed by atoms with Crippen molar-refractivity contribution in [3.8, 4) is 0 Å². The first-order valence-corrected chi connectivity index (χ1v) is 5.48. The van der Waals surface area contributed by atoms with E-state index in [2.05, 4.69) is 4.99 Å². The van der Waals surface area contributed by atoms with Gasteiger partial charge in [-0.15, -0.1) is 11.6 Å². The second-order valence-electron chi connectivity index (χ2n) is 4.18. The van der Waals surface area contributed by atoms with Crippen LogP contribution in [0.5, 0.6) is 0 Å². The summed E-state index contributed by atoms with van der Waals surface area (Å²) in [6.45, 7) is 1.96. The molecule has 14 heavy (non-hydrogen) atoms. The van der Waals surface area contributed by atoms with Gasteiger partial charge in [0, 0.05) is 24.7 Å². The third-order valence-corrected chi connectivity index (χ3v) is 3.90. The molecule has 2 unspecified atom stereocenters. The third kappa shape index (κ3) is 1.69. The van der Waals surface area contributed by atoms with Gasteiger partial charge >= 0.3 is 0 Å². The van der Waals surface area contributed by atoms with Crippen molar-refractivity contribution < 1.29 is 9.84 Å². The fourth-order valence-electron chi connectivity index (χ4n) is 2.24. The molecule has 4 heteroatoms. The smallest absolute Gasteiger partial charge is 0.162 e. The summed E-state index contributed by atoms with van der Waals surface area (Å²) in [7, 11) is 1.52. The molecule has 3 nitrogen and oxygen atoms in total. The van der Waals surface area contributed by atoms with E-state index < -0.39 is 6.29 Å². The summed E-state index contributed by atoms with van der Waals surface area (Å²) in [5.74, 6) is 0.581. The number of halogens is 1. The van der Waals surface area contributed by atoms with Crippen LogP contribution in [0.3, 0.4) is 0 Å². The topological polar surface area (TPSA) is 41.8 Å². The van der Waals surface area contributed by atoms with Crippen LogP contribution < -0.4 is 0 Å². The Hall–Kier alpha value is -0.120. The van der Waals surface area contributed by atoms with Gasteiger partial charge in [0.25, 0.3) is 0 Å². The number of rotatable bonds is 2. The lowest BCUT2D eigenvalue weighted by Gasteiger charge is -2.20. The summed E-state index contributed by atoms with van der Waals surface area (Å²) in [6.07, 6.45) is 1.25. The van der Waals surface area contributed by atoms with E-state index in [9.17, 15) is 5.11 Å². The SMILES string of the molecule is CO[C@H](O)C1CCC2[C@@H](Cl)[C@@H]2N=C1C. The molecule has 2 rings (SSSR count). The summed E-state index contributed by atoms with van der Waals surface area (Å²) >= 11 is 6.06. The number of fused-ring (bicyclic) bond motifs is 1. The van der Waals surface area contributed by atoms with Crippen LogP contribution in [-0.4, -0.2) is 35.6 Å². The number of alkyl halides is 1. The lowest BCUT2D eigenvalue weighted by atomic mass is 9.97. The van der Waals surface area contributed by atoms with E-state index in [1.807, 2.05) is 6.92 Å². The predicted octanol–water partition coefficient (Wildman–Crippen LogP) is 1.43. The first-order valence-electron chi connectivity index (χ1n) is 5.04. The molecule has 1 fully saturated rings. The number of aliphatic imine (C=N–C) groups is 1. The van der Waals surface area contributed by atoms with Crippen molar-refractivity contribution in [1.82, 2.24) is 0 Å². The molecule has 0 radical (unpaired) electrons. The van der Waals surface area contributed by atoms with E-state index in [-0.39, 0.29) is 11.3 Å². The molecule has 80 valence electrons. The van der Waals surface area contributed by atoms with E-state index in [4.69, 9.17) is 16.3 Å². The molecular weight excluding hydrogens is 202 g/mol. The molecule has 0 saturated heterocycles. The molecular formula is C10H16ClNO2. The zero-order valence-electron chi connectivity index (χ0n) is 8.48. The zero-order chi connectivity index (χ0) is 10.3. The lowest BCUT2D eigenvalue weighted by molar-refractivity contribution is -0.0971. The van der Waals surface area contributed by atoms with Crippen LogP contribution in [0.2, 0.25) is 0 Å². The van der Waals surface area contributed by atoms with Crippen LogP contribution in [0.15, 0.2) is 4.99 Å². The van der Waals surface area contributed by atoms with E-state index in [1.54, 1.807) is 0 Å². The average molecular weight is 218 g/mol. The molecule has 1 heterocycles. The molecule has 0 aromatic rings. The molecule has 0 amide bonds. The van der Waals surface area contributed by atoms with Crippen molar-refractivity contribution in [3.05, 3.63) is 0 Å². The van der Waals surface area contributed by atoms with Crippen molar-refractivity contribution >= 4 is 17.3 Å². The second-order valence-corrected chi connectivity index (χ2v) is 4.68. The Kier molecular flexibility index (Phi) is 2.82. The van der Waals surface area contributed by atoms with Gasteiger partial charge in [-0.05, 0) is 19.8 Å². The highest BCUT2D eigenvalue weighted by molar-refractivity contribution is 6.23. The third-order valence-electron chi connectivity index (χ3n) is 3.32. The lowest BCUT2D eigenvalue weighted by Crippen LogP contribution is -2.28. The van der Waals surface area contributed by atoms with Gasteiger partial charge in [0.1, 0.15) is 0 Å². The van der Waals surface area contributed by atoms with Gasteiger partial charge in [-0.3, -0.25) is 4.99 Å². The van der Waals surface area contributed by atoms with Crippen molar-refractivity contribution in [2.75, 3.05) is 7.11 Å². The Bertz CT molecular complexity index is 257. The zero-order valence-corrected chi connectivity index (χ0v) is 9.24. The maximum Gasteiger partial charge on any atom is 0.162 e. The highest BCUT2D eigenvalue weighted by atomic mass is 35.5. The fraction of sp³-hybridized carbons (Fsp3) is 0.900. The summed E-state index contributed by atoms with van der Waals surface area (Å²) in [4.78, 5) is 4.53. The summed E-state index contributed by atoms with van der Waals surface area (Å²) < 4.78 is 4.93. The molecule has 1 N–H and O–H groups in total. The minimum atomic E-state index is -0.718. The number of methoxy groups -OCH3 is 1. The monoisotopic (exact) mass is 217 g/mol. The van der Waals surface area contributed by atoms with Crippen LogP contribution in [0.25, 0.3) is 0 Å². The molecule has 2 aliphatic rings. The largest absolute Gasteiger partial charge is 0.367 e. The number of aliphatic hydroxyl groups excluding tert-OH is 1. The van der Waals surface area contributed by atoms with Crippen molar-refractivity contribution in [1.29, 1.82) is 0 Å². The van der Waals surface area contributed by atoms with E-state index >= 15 is 0 Å². The first kappa shape index (κ1) is 10.4. The van der Waals surface area contributed by atoms with Gasteiger partial charge in [0.15, 0.2) is 6.29 Å². The Morgan fingerprint density at radius 2 is 2.29 bits per heavy atom. The Morgan fingerprint density at radius 3 is 2.93 bits per heavy atom. The molecule has 0 aromatic heterocycles. The second kappa shape index (κ2) is 3.80. The quantitative estimate of drug-likeness (QED) is 0.562. The van der Waals surface area contributed by atoms with Crippen LogP contribution in [0.4, 0.5) is 0 Å². The predicted molar refractivity (Wildman–Crippen MR) is 55.8 cm³/mol. The number of hydrogen-bond donors (Lipinski definition) is 1. The Morgan fingerprint density at radius 1 is 1.57 bits per heavy atom. The number of ether oxygens (including phenoxy) is 1. The molecule has 0 aromatic carbocycles. The Balaban J connectivity index is 2.08. The highest BCUT2D eigenvalue weighted by Gasteiger charge is 2.50. The number of nitrogens with zero attached hydrogens (tertiary/aromatic N) is 1. The van der Waals surface area contributed by atoms with Crippen molar-refractivity contribution in [2.45, 2.75) is 37.5 Å². The molecule has 0 bridgehead atoms. The van der Waals surface area contributed by atoms with E-state index in [1.165, 1.54) is 7.11 Å². The molecule has 1 aliphatic carbocycles. The van der Waals surface area contributed by atoms with Gasteiger partial charge in [0.2, 0.25) is 0 Å². The van der Waals surface area contributed by atoms with Crippen LogP contribution >= 0.6 is 11.6 Å². The van der Waals surface area contributed by atoms with E-state index in [0.29, 0.717) is 12.0 Å². The first-order chi connectivity index (χ1) is 6.65. The minimum Gasteiger partial charge on any atom is -0.367 e. The summed E-state index contributed by atoms with van der Waals surface area (Å²) in [6, 6.07) is 0.297. The van der Waals surface area contributed by atoms with Crippen molar-refractivity contribution in [3.63, 3.8) is 0 Å². The summed E-state index contributed by atoms with van der Waals surface area (Å²) in [5, 5.41) is 9.84. The van der Waals surface area contributed by atoms with Crippen molar-refractivity contribution in [2.24, 2.45) is 16.8 Å². The van der Waals surface area contributed by atoms with E-state index in [0.717, 1.165) is 18.6 Å². The van der Waals surface area contributed by atoms with Gasteiger partial charge < -0.3 is 9.84 Å². The standard InChI is InChI=1S/C10H16ClNO2/c1-5-6(10(13)14-2)3-4-7-8(11)9(7)12-5/h6-10,13H,3-4H2,1-2H3/t6?,7?,8-,9-,10+/m1/s1. The van der Waals surface area contributed by atoms with Crippen LogP contribution in [0.1, 0.15) is 19.8 Å². The average Bonchev–Trinajstić information content (AvgIpc) is 2.81. The van der Waals surface area contributed by atoms with Gasteiger partial charge in [0.05, 0.1) is 11.4 Å². The highest BCUT2D eigenvalue weighted by Crippen LogP contribution is 2.46. The summed E-state index contributed by atoms with van der Waals surface area (Å²) in [5.41, 5.74) is 0.981. The maximum atomic E-state index is 9.61. The maximum absolute atomic E-state index is 9.61. The molecule has 0 spiro atoms. The number of hydrogen-bond acceptors (Lipinski definition) is 3. The van der Waals surface area contributed by atoms with Crippen LogP contribution in [-0.2, 0) is 4.74 Å².